The number of nitriles is 1. The highest BCUT2D eigenvalue weighted by molar-refractivity contribution is 7.10. The zero-order valence-electron chi connectivity index (χ0n) is 14.8. The van der Waals surface area contributed by atoms with E-state index in [0.29, 0.717) is 11.3 Å². The Balaban J connectivity index is 1.92. The summed E-state index contributed by atoms with van der Waals surface area (Å²) in [4.78, 5) is 15.5. The Hall–Kier alpha value is -2.34. The second-order valence-electron chi connectivity index (χ2n) is 6.13. The normalized spacial score (nSPS) is 21.3. The maximum absolute atomic E-state index is 12.3. The van der Waals surface area contributed by atoms with Crippen LogP contribution in [0.2, 0.25) is 0 Å². The van der Waals surface area contributed by atoms with Gasteiger partial charge in [0.2, 0.25) is 5.88 Å². The fraction of sp³-hybridized carbons (Fsp3) is 0.444. The van der Waals surface area contributed by atoms with Crippen LogP contribution in [0, 0.1) is 11.3 Å². The van der Waals surface area contributed by atoms with Crippen LogP contribution < -0.4 is 5.73 Å². The van der Waals surface area contributed by atoms with E-state index in [-0.39, 0.29) is 11.5 Å². The van der Waals surface area contributed by atoms with Crippen molar-refractivity contribution in [2.75, 3.05) is 33.4 Å². The third-order valence-corrected chi connectivity index (χ3v) is 5.53. The van der Waals surface area contributed by atoms with Crippen LogP contribution in [-0.2, 0) is 25.5 Å². The molecule has 1 atom stereocenters. The molecular weight excluding hydrogens is 354 g/mol. The Morgan fingerprint density at radius 1 is 1.50 bits per heavy atom. The number of nitrogens with two attached hydrogens (primary N) is 1. The minimum atomic E-state index is -0.565. The maximum Gasteiger partial charge on any atom is 0.338 e. The van der Waals surface area contributed by atoms with E-state index in [1.54, 1.807) is 6.92 Å². The SMILES string of the molecule is COC(=O)C1=C(C)OC(N)=C(C#N)C1c1cc(CN2CCOCC2)cs1. The van der Waals surface area contributed by atoms with Crippen molar-refractivity contribution in [3.8, 4) is 6.07 Å². The fourth-order valence-electron chi connectivity index (χ4n) is 3.19. The Morgan fingerprint density at radius 3 is 2.88 bits per heavy atom. The van der Waals surface area contributed by atoms with Gasteiger partial charge in [-0.1, -0.05) is 0 Å². The molecule has 1 aromatic rings. The largest absolute Gasteiger partial charge is 0.466 e. The number of hydrogen-bond acceptors (Lipinski definition) is 8. The van der Waals surface area contributed by atoms with Crippen LogP contribution in [0.15, 0.2) is 34.2 Å². The van der Waals surface area contributed by atoms with E-state index < -0.39 is 11.9 Å². The minimum absolute atomic E-state index is 0.0331. The summed E-state index contributed by atoms with van der Waals surface area (Å²) in [5.41, 5.74) is 7.58. The van der Waals surface area contributed by atoms with E-state index in [1.807, 2.05) is 6.07 Å². The summed E-state index contributed by atoms with van der Waals surface area (Å²) < 4.78 is 15.7. The molecule has 0 radical (unpaired) electrons. The van der Waals surface area contributed by atoms with Gasteiger partial charge in [0.05, 0.1) is 31.8 Å². The number of rotatable bonds is 4. The molecule has 0 aliphatic carbocycles. The van der Waals surface area contributed by atoms with Crippen LogP contribution in [0.1, 0.15) is 23.3 Å². The van der Waals surface area contributed by atoms with Crippen LogP contribution in [0.25, 0.3) is 0 Å². The van der Waals surface area contributed by atoms with Crippen molar-refractivity contribution < 1.29 is 19.0 Å². The van der Waals surface area contributed by atoms with Crippen LogP contribution in [0.4, 0.5) is 0 Å². The Bertz CT molecular complexity index is 800. The molecule has 1 saturated heterocycles. The van der Waals surface area contributed by atoms with Gasteiger partial charge >= 0.3 is 5.97 Å². The van der Waals surface area contributed by atoms with Gasteiger partial charge < -0.3 is 19.9 Å². The summed E-state index contributed by atoms with van der Waals surface area (Å²) in [5, 5.41) is 11.6. The van der Waals surface area contributed by atoms with Crippen LogP contribution in [0.3, 0.4) is 0 Å². The van der Waals surface area contributed by atoms with Crippen molar-refractivity contribution in [2.24, 2.45) is 5.73 Å². The number of hydrogen-bond donors (Lipinski definition) is 1. The first-order chi connectivity index (χ1) is 12.5. The van der Waals surface area contributed by atoms with E-state index >= 15 is 0 Å². The highest BCUT2D eigenvalue weighted by Crippen LogP contribution is 2.41. The van der Waals surface area contributed by atoms with Crippen molar-refractivity contribution in [1.82, 2.24) is 4.90 Å². The standard InChI is InChI=1S/C18H21N3O4S/c1-11-15(18(22)23-2)16(13(8-19)17(20)25-11)14-7-12(10-26-14)9-21-3-5-24-6-4-21/h7,10,16H,3-6,9,20H2,1-2H3. The maximum atomic E-state index is 12.3. The number of carbonyl (C=O) groups is 1. The molecule has 2 aliphatic rings. The number of morpholine rings is 1. The topological polar surface area (TPSA) is 97.8 Å². The van der Waals surface area contributed by atoms with Gasteiger partial charge in [0, 0.05) is 24.5 Å². The van der Waals surface area contributed by atoms with Gasteiger partial charge in [0.25, 0.3) is 0 Å². The molecule has 2 N–H and O–H groups in total. The highest BCUT2D eigenvalue weighted by Gasteiger charge is 2.37. The van der Waals surface area contributed by atoms with Gasteiger partial charge in [-0.25, -0.2) is 4.79 Å². The molecule has 0 aromatic carbocycles. The first-order valence-electron chi connectivity index (χ1n) is 8.29. The zero-order valence-corrected chi connectivity index (χ0v) is 15.6. The summed E-state index contributed by atoms with van der Waals surface area (Å²) in [6.45, 7) is 5.73. The van der Waals surface area contributed by atoms with Gasteiger partial charge in [-0.15, -0.1) is 11.3 Å². The average molecular weight is 375 g/mol. The highest BCUT2D eigenvalue weighted by atomic mass is 32.1. The minimum Gasteiger partial charge on any atom is -0.466 e. The van der Waals surface area contributed by atoms with Gasteiger partial charge in [-0.3, -0.25) is 4.90 Å². The van der Waals surface area contributed by atoms with Crippen LogP contribution >= 0.6 is 11.3 Å². The Kier molecular flexibility index (Phi) is 5.61. The first kappa shape index (κ1) is 18.5. The van der Waals surface area contributed by atoms with Crippen molar-refractivity contribution in [1.29, 1.82) is 5.26 Å². The van der Waals surface area contributed by atoms with Crippen LogP contribution in [0.5, 0.6) is 0 Å². The molecule has 3 rings (SSSR count). The van der Waals surface area contributed by atoms with E-state index in [0.717, 1.165) is 43.3 Å². The number of methoxy groups -OCH3 is 1. The lowest BCUT2D eigenvalue weighted by atomic mass is 9.87. The predicted molar refractivity (Wildman–Crippen MR) is 95.8 cm³/mol. The summed E-state index contributed by atoms with van der Waals surface area (Å²) in [6.07, 6.45) is 0. The predicted octanol–water partition coefficient (Wildman–Crippen LogP) is 1.83. The summed E-state index contributed by atoms with van der Waals surface area (Å²) in [5.74, 6) is -0.687. The van der Waals surface area contributed by atoms with Crippen molar-refractivity contribution >= 4 is 17.3 Å². The molecular formula is C18H21N3O4S. The molecule has 8 heteroatoms. The molecule has 0 saturated carbocycles. The molecule has 2 aliphatic heterocycles. The van der Waals surface area contributed by atoms with Crippen molar-refractivity contribution in [3.05, 3.63) is 44.7 Å². The van der Waals surface area contributed by atoms with Gasteiger partial charge in [0.1, 0.15) is 17.4 Å². The average Bonchev–Trinajstić information content (AvgIpc) is 3.09. The molecule has 1 unspecified atom stereocenters. The molecule has 3 heterocycles. The molecule has 0 amide bonds. The molecule has 138 valence electrons. The summed E-state index contributed by atoms with van der Waals surface area (Å²) >= 11 is 1.50. The smallest absolute Gasteiger partial charge is 0.338 e. The Morgan fingerprint density at radius 2 is 2.23 bits per heavy atom. The molecule has 0 bridgehead atoms. The summed E-state index contributed by atoms with van der Waals surface area (Å²) in [7, 11) is 1.31. The third-order valence-electron chi connectivity index (χ3n) is 4.48. The number of thiophene rings is 1. The lowest BCUT2D eigenvalue weighted by Crippen LogP contribution is -2.35. The van der Waals surface area contributed by atoms with Gasteiger partial charge in [-0.2, -0.15) is 5.26 Å². The molecule has 7 nitrogen and oxygen atoms in total. The quantitative estimate of drug-likeness (QED) is 0.802. The monoisotopic (exact) mass is 375 g/mol. The van der Waals surface area contributed by atoms with E-state index in [2.05, 4.69) is 16.3 Å². The molecule has 0 spiro atoms. The molecule has 1 aromatic heterocycles. The van der Waals surface area contributed by atoms with E-state index in [1.165, 1.54) is 18.4 Å². The second kappa shape index (κ2) is 7.91. The van der Waals surface area contributed by atoms with Gasteiger partial charge in [-0.05, 0) is 23.9 Å². The lowest BCUT2D eigenvalue weighted by molar-refractivity contribution is -0.136. The van der Waals surface area contributed by atoms with Crippen molar-refractivity contribution in [3.63, 3.8) is 0 Å². The third kappa shape index (κ3) is 3.60. The van der Waals surface area contributed by atoms with E-state index in [4.69, 9.17) is 19.9 Å². The molecule has 26 heavy (non-hydrogen) atoms. The number of esters is 1. The zero-order chi connectivity index (χ0) is 18.7. The lowest BCUT2D eigenvalue weighted by Gasteiger charge is -2.26. The molecule has 1 fully saturated rings. The second-order valence-corrected chi connectivity index (χ2v) is 7.07. The van der Waals surface area contributed by atoms with Crippen LogP contribution in [-0.4, -0.2) is 44.3 Å². The fourth-order valence-corrected chi connectivity index (χ4v) is 4.21. The number of allylic oxidation sites excluding steroid dienone is 2. The Labute approximate surface area is 156 Å². The first-order valence-corrected chi connectivity index (χ1v) is 9.17. The number of carbonyl (C=O) groups excluding carboxylic acids is 1. The number of ether oxygens (including phenoxy) is 3. The van der Waals surface area contributed by atoms with Gasteiger partial charge in [0.15, 0.2) is 0 Å². The summed E-state index contributed by atoms with van der Waals surface area (Å²) in [6, 6.07) is 4.11. The number of nitrogens with zero attached hydrogens (tertiary/aromatic N) is 2. The van der Waals surface area contributed by atoms with Crippen molar-refractivity contribution in [2.45, 2.75) is 19.4 Å². The van der Waals surface area contributed by atoms with E-state index in [9.17, 15) is 10.1 Å².